The first kappa shape index (κ1) is 13.4. The van der Waals surface area contributed by atoms with Gasteiger partial charge in [0.15, 0.2) is 0 Å². The zero-order chi connectivity index (χ0) is 12.3. The normalized spacial score (nSPS) is 19.2. The fourth-order valence-corrected chi connectivity index (χ4v) is 1.81. The molecular formula is C11H19F2NO2. The van der Waals surface area contributed by atoms with Crippen LogP contribution < -0.4 is 0 Å². The van der Waals surface area contributed by atoms with Gasteiger partial charge in [-0.15, -0.1) is 0 Å². The van der Waals surface area contributed by atoms with Crippen molar-refractivity contribution in [2.24, 2.45) is 5.41 Å². The van der Waals surface area contributed by atoms with Gasteiger partial charge in [-0.25, -0.2) is 0 Å². The molecule has 0 saturated carbocycles. The fourth-order valence-electron chi connectivity index (χ4n) is 1.81. The average molecular weight is 235 g/mol. The van der Waals surface area contributed by atoms with Crippen molar-refractivity contribution in [2.45, 2.75) is 46.3 Å². The SMILES string of the molecule is CC(C)(C)C(=O)N1CCC(OC(F)F)CC1. The van der Waals surface area contributed by atoms with Gasteiger partial charge >= 0.3 is 6.61 Å². The van der Waals surface area contributed by atoms with Gasteiger partial charge in [-0.2, -0.15) is 8.78 Å². The second-order valence-electron chi connectivity index (χ2n) is 5.14. The molecule has 94 valence electrons. The predicted octanol–water partition coefficient (Wildman–Crippen LogP) is 2.26. The van der Waals surface area contributed by atoms with E-state index >= 15 is 0 Å². The highest BCUT2D eigenvalue weighted by Crippen LogP contribution is 2.22. The molecule has 1 fully saturated rings. The zero-order valence-electron chi connectivity index (χ0n) is 10.0. The van der Waals surface area contributed by atoms with Crippen molar-refractivity contribution < 1.29 is 18.3 Å². The Morgan fingerprint density at radius 2 is 1.81 bits per heavy atom. The lowest BCUT2D eigenvalue weighted by molar-refractivity contribution is -0.175. The number of likely N-dealkylation sites (tertiary alicyclic amines) is 1. The summed E-state index contributed by atoms with van der Waals surface area (Å²) in [5.74, 6) is 0.0722. The summed E-state index contributed by atoms with van der Waals surface area (Å²) in [5, 5.41) is 0. The summed E-state index contributed by atoms with van der Waals surface area (Å²) in [6, 6.07) is 0. The molecule has 5 heteroatoms. The molecule has 1 heterocycles. The minimum Gasteiger partial charge on any atom is -0.342 e. The molecule has 0 aromatic rings. The Morgan fingerprint density at radius 3 is 2.19 bits per heavy atom. The second kappa shape index (κ2) is 5.08. The topological polar surface area (TPSA) is 29.5 Å². The van der Waals surface area contributed by atoms with Crippen molar-refractivity contribution in [2.75, 3.05) is 13.1 Å². The summed E-state index contributed by atoms with van der Waals surface area (Å²) < 4.78 is 28.4. The Balaban J connectivity index is 2.40. The minimum atomic E-state index is -2.71. The quantitative estimate of drug-likeness (QED) is 0.734. The van der Waals surface area contributed by atoms with Gasteiger partial charge < -0.3 is 9.64 Å². The first-order chi connectivity index (χ1) is 7.30. The summed E-state index contributed by atoms with van der Waals surface area (Å²) in [4.78, 5) is 13.6. The number of hydrogen-bond donors (Lipinski definition) is 0. The highest BCUT2D eigenvalue weighted by Gasteiger charge is 2.31. The molecule has 0 aromatic carbocycles. The largest absolute Gasteiger partial charge is 0.345 e. The Kier molecular flexibility index (Phi) is 4.24. The van der Waals surface area contributed by atoms with Gasteiger partial charge in [0.1, 0.15) is 0 Å². The van der Waals surface area contributed by atoms with Crippen LogP contribution in [-0.2, 0) is 9.53 Å². The third-order valence-corrected chi connectivity index (χ3v) is 2.67. The number of carbonyl (C=O) groups excluding carboxylic acids is 1. The molecule has 0 aromatic heterocycles. The number of halogens is 2. The monoisotopic (exact) mass is 235 g/mol. The maximum absolute atomic E-state index is 12.0. The Bertz CT molecular complexity index is 243. The highest BCUT2D eigenvalue weighted by atomic mass is 19.3. The minimum absolute atomic E-state index is 0.0722. The summed E-state index contributed by atoms with van der Waals surface area (Å²) >= 11 is 0. The van der Waals surface area contributed by atoms with Crippen LogP contribution in [0.25, 0.3) is 0 Å². The van der Waals surface area contributed by atoms with Crippen LogP contribution in [0.4, 0.5) is 8.78 Å². The smallest absolute Gasteiger partial charge is 0.342 e. The van der Waals surface area contributed by atoms with E-state index in [1.54, 1.807) is 4.90 Å². The van der Waals surface area contributed by atoms with Crippen LogP contribution in [0.1, 0.15) is 33.6 Å². The van der Waals surface area contributed by atoms with Gasteiger partial charge in [-0.05, 0) is 12.8 Å². The first-order valence-corrected chi connectivity index (χ1v) is 5.53. The lowest BCUT2D eigenvalue weighted by Crippen LogP contribution is -2.45. The molecule has 1 saturated heterocycles. The number of amides is 1. The summed E-state index contributed by atoms with van der Waals surface area (Å²) in [5.41, 5.74) is -0.406. The molecule has 1 aliphatic heterocycles. The highest BCUT2D eigenvalue weighted by molar-refractivity contribution is 5.81. The Hall–Kier alpha value is -0.710. The van der Waals surface area contributed by atoms with E-state index in [0.29, 0.717) is 25.9 Å². The van der Waals surface area contributed by atoms with Crippen molar-refractivity contribution in [3.05, 3.63) is 0 Å². The summed E-state index contributed by atoms with van der Waals surface area (Å²) in [6.07, 6.45) is 0.571. The summed E-state index contributed by atoms with van der Waals surface area (Å²) in [7, 11) is 0. The number of nitrogens with zero attached hydrogens (tertiary/aromatic N) is 1. The number of alkyl halides is 2. The third-order valence-electron chi connectivity index (χ3n) is 2.67. The van der Waals surface area contributed by atoms with Crippen LogP contribution in [-0.4, -0.2) is 36.6 Å². The molecule has 1 aliphatic rings. The van der Waals surface area contributed by atoms with Gasteiger partial charge in [-0.1, -0.05) is 20.8 Å². The lowest BCUT2D eigenvalue weighted by atomic mass is 9.93. The molecule has 3 nitrogen and oxygen atoms in total. The van der Waals surface area contributed by atoms with Crippen molar-refractivity contribution in [3.8, 4) is 0 Å². The molecule has 0 atom stereocenters. The van der Waals surface area contributed by atoms with E-state index in [4.69, 9.17) is 0 Å². The summed E-state index contributed by atoms with van der Waals surface area (Å²) in [6.45, 7) is 3.88. The van der Waals surface area contributed by atoms with Crippen LogP contribution in [0.5, 0.6) is 0 Å². The van der Waals surface area contributed by atoms with Crippen LogP contribution in [0.15, 0.2) is 0 Å². The fraction of sp³-hybridized carbons (Fsp3) is 0.909. The van der Waals surface area contributed by atoms with Gasteiger partial charge in [0.25, 0.3) is 0 Å². The predicted molar refractivity (Wildman–Crippen MR) is 56.1 cm³/mol. The van der Waals surface area contributed by atoms with Crippen LogP contribution in [0, 0.1) is 5.41 Å². The number of rotatable bonds is 2. The van der Waals surface area contributed by atoms with E-state index in [9.17, 15) is 13.6 Å². The maximum Gasteiger partial charge on any atom is 0.345 e. The van der Waals surface area contributed by atoms with Gasteiger partial charge in [-0.3, -0.25) is 4.79 Å². The number of piperidine rings is 1. The average Bonchev–Trinajstić information content (AvgIpc) is 2.15. The molecule has 0 unspecified atom stereocenters. The van der Waals surface area contributed by atoms with E-state index < -0.39 is 18.1 Å². The molecule has 0 radical (unpaired) electrons. The van der Waals surface area contributed by atoms with Crippen molar-refractivity contribution >= 4 is 5.91 Å². The Labute approximate surface area is 94.7 Å². The van der Waals surface area contributed by atoms with Crippen LogP contribution >= 0.6 is 0 Å². The first-order valence-electron chi connectivity index (χ1n) is 5.53. The molecule has 0 bridgehead atoms. The van der Waals surface area contributed by atoms with Gasteiger partial charge in [0.05, 0.1) is 6.10 Å². The van der Waals surface area contributed by atoms with Crippen LogP contribution in [0.2, 0.25) is 0 Å². The molecular weight excluding hydrogens is 216 g/mol. The van der Waals surface area contributed by atoms with E-state index in [-0.39, 0.29) is 5.91 Å². The van der Waals surface area contributed by atoms with E-state index in [0.717, 1.165) is 0 Å². The maximum atomic E-state index is 12.0. The number of carbonyl (C=O) groups is 1. The molecule has 0 aliphatic carbocycles. The zero-order valence-corrected chi connectivity index (χ0v) is 10.0. The van der Waals surface area contributed by atoms with Crippen LogP contribution in [0.3, 0.4) is 0 Å². The molecule has 1 amide bonds. The molecule has 0 spiro atoms. The van der Waals surface area contributed by atoms with Gasteiger partial charge in [0.2, 0.25) is 5.91 Å². The number of ether oxygens (including phenoxy) is 1. The number of hydrogen-bond acceptors (Lipinski definition) is 2. The van der Waals surface area contributed by atoms with Crippen molar-refractivity contribution in [3.63, 3.8) is 0 Å². The van der Waals surface area contributed by atoms with Crippen molar-refractivity contribution in [1.29, 1.82) is 0 Å². The van der Waals surface area contributed by atoms with E-state index in [1.807, 2.05) is 20.8 Å². The standard InChI is InChI=1S/C11H19F2NO2/c1-11(2,3)9(15)14-6-4-8(5-7-14)16-10(12)13/h8,10H,4-7H2,1-3H3. The van der Waals surface area contributed by atoms with Gasteiger partial charge in [0, 0.05) is 18.5 Å². The lowest BCUT2D eigenvalue weighted by Gasteiger charge is -2.35. The molecule has 0 N–H and O–H groups in total. The van der Waals surface area contributed by atoms with E-state index in [1.165, 1.54) is 0 Å². The Morgan fingerprint density at radius 1 is 1.31 bits per heavy atom. The van der Waals surface area contributed by atoms with E-state index in [2.05, 4.69) is 4.74 Å². The molecule has 1 rings (SSSR count). The van der Waals surface area contributed by atoms with Crippen molar-refractivity contribution in [1.82, 2.24) is 4.90 Å². The second-order valence-corrected chi connectivity index (χ2v) is 5.14. The molecule has 16 heavy (non-hydrogen) atoms. The third kappa shape index (κ3) is 3.70.